The van der Waals surface area contributed by atoms with Gasteiger partial charge in [-0.3, -0.25) is 9.13 Å². The average Bonchev–Trinajstić information content (AvgIpc) is 2.72. The number of imidazole rings is 1. The van der Waals surface area contributed by atoms with Crippen molar-refractivity contribution in [3.8, 4) is 11.8 Å². The smallest absolute Gasteiger partial charge is 0.295 e. The van der Waals surface area contributed by atoms with E-state index < -0.39 is 0 Å². The first-order chi connectivity index (χ1) is 9.61. The average molecular weight is 285 g/mol. The second-order valence-corrected chi connectivity index (χ2v) is 4.72. The monoisotopic (exact) mass is 284 g/mol. The van der Waals surface area contributed by atoms with Crippen molar-refractivity contribution in [1.82, 2.24) is 14.1 Å². The Morgan fingerprint density at radius 2 is 2.05 bits per heavy atom. The fraction of sp³-hybridized carbons (Fsp3) is 0.0714. The van der Waals surface area contributed by atoms with Crippen LogP contribution in [-0.2, 0) is 7.05 Å². The molecular weight excluding hydrogens is 276 g/mol. The van der Waals surface area contributed by atoms with E-state index in [9.17, 15) is 4.79 Å². The molecule has 0 bridgehead atoms. The van der Waals surface area contributed by atoms with E-state index in [-0.39, 0.29) is 5.69 Å². The molecule has 0 atom stereocenters. The number of nitrogens with zero attached hydrogens (tertiary/aromatic N) is 4. The van der Waals surface area contributed by atoms with Crippen molar-refractivity contribution >= 4 is 22.6 Å². The molecule has 98 valence electrons. The van der Waals surface area contributed by atoms with Gasteiger partial charge in [0.05, 0.1) is 34.6 Å². The molecule has 0 N–H and O–H groups in total. The number of nitriles is 1. The molecule has 0 fully saturated rings. The van der Waals surface area contributed by atoms with Gasteiger partial charge < -0.3 is 0 Å². The second kappa shape index (κ2) is 4.51. The van der Waals surface area contributed by atoms with E-state index in [1.165, 1.54) is 15.3 Å². The molecule has 0 aliphatic heterocycles. The maximum absolute atomic E-state index is 12.4. The predicted octanol–water partition coefficient (Wildman–Crippen LogP) is 2.25. The minimum Gasteiger partial charge on any atom is -0.295 e. The molecule has 0 spiro atoms. The number of hydrogen-bond donors (Lipinski definition) is 0. The summed E-state index contributed by atoms with van der Waals surface area (Å²) in [6.45, 7) is 0. The number of benzene rings is 1. The van der Waals surface area contributed by atoms with Crippen LogP contribution in [0.2, 0.25) is 5.15 Å². The van der Waals surface area contributed by atoms with Crippen LogP contribution in [0.25, 0.3) is 16.7 Å². The van der Waals surface area contributed by atoms with Crippen LogP contribution in [0.5, 0.6) is 0 Å². The Balaban J connectivity index is 2.40. The molecule has 6 heteroatoms. The predicted molar refractivity (Wildman–Crippen MR) is 76.0 cm³/mol. The van der Waals surface area contributed by atoms with Crippen LogP contribution in [0, 0.1) is 11.3 Å². The molecule has 0 aliphatic carbocycles. The number of aryl methyl sites for hydroxylation is 1. The van der Waals surface area contributed by atoms with Crippen molar-refractivity contribution in [2.75, 3.05) is 0 Å². The molecule has 2 heterocycles. The fourth-order valence-corrected chi connectivity index (χ4v) is 2.27. The van der Waals surface area contributed by atoms with Crippen molar-refractivity contribution in [3.63, 3.8) is 0 Å². The van der Waals surface area contributed by atoms with E-state index in [4.69, 9.17) is 16.9 Å². The fourth-order valence-electron chi connectivity index (χ4n) is 2.16. The van der Waals surface area contributed by atoms with Gasteiger partial charge in [0.15, 0.2) is 0 Å². The molecule has 1 aromatic carbocycles. The molecule has 0 amide bonds. The van der Waals surface area contributed by atoms with Crippen molar-refractivity contribution in [1.29, 1.82) is 5.26 Å². The van der Waals surface area contributed by atoms with Gasteiger partial charge in [0, 0.05) is 7.05 Å². The number of aromatic nitrogens is 3. The summed E-state index contributed by atoms with van der Waals surface area (Å²) in [5.74, 6) is 0. The Morgan fingerprint density at radius 3 is 2.70 bits per heavy atom. The molecule has 20 heavy (non-hydrogen) atoms. The van der Waals surface area contributed by atoms with E-state index in [0.717, 1.165) is 5.52 Å². The van der Waals surface area contributed by atoms with E-state index in [1.54, 1.807) is 37.4 Å². The Morgan fingerprint density at radius 1 is 1.25 bits per heavy atom. The third kappa shape index (κ3) is 1.78. The minimum absolute atomic E-state index is 0.195. The number of rotatable bonds is 1. The van der Waals surface area contributed by atoms with Gasteiger partial charge in [-0.15, -0.1) is 0 Å². The molecule has 5 nitrogen and oxygen atoms in total. The molecule has 0 unspecified atom stereocenters. The Labute approximate surface area is 119 Å². The third-order valence-electron chi connectivity index (χ3n) is 3.15. The standard InChI is InChI=1S/C14H9ClN4O/c1-18-11-4-2-9(7-16)6-12(11)19(14(18)20)10-3-5-13(15)17-8-10/h2-6,8H,1H3. The molecule has 2 aromatic heterocycles. The summed E-state index contributed by atoms with van der Waals surface area (Å²) in [4.78, 5) is 16.3. The Kier molecular flexibility index (Phi) is 2.81. The molecular formula is C14H9ClN4O. The van der Waals surface area contributed by atoms with Crippen LogP contribution in [0.3, 0.4) is 0 Å². The highest BCUT2D eigenvalue weighted by molar-refractivity contribution is 6.29. The van der Waals surface area contributed by atoms with Crippen molar-refractivity contribution in [2.45, 2.75) is 0 Å². The normalized spacial score (nSPS) is 10.7. The van der Waals surface area contributed by atoms with E-state index in [0.29, 0.717) is 21.9 Å². The Hall–Kier alpha value is -2.58. The molecule has 3 aromatic rings. The summed E-state index contributed by atoms with van der Waals surface area (Å²) in [7, 11) is 1.69. The first-order valence-corrected chi connectivity index (χ1v) is 6.23. The van der Waals surface area contributed by atoms with E-state index in [2.05, 4.69) is 11.1 Å². The van der Waals surface area contributed by atoms with Gasteiger partial charge in [-0.2, -0.15) is 5.26 Å². The number of hydrogen-bond acceptors (Lipinski definition) is 3. The van der Waals surface area contributed by atoms with Gasteiger partial charge in [0.1, 0.15) is 5.15 Å². The lowest BCUT2D eigenvalue weighted by atomic mass is 10.2. The van der Waals surface area contributed by atoms with Crippen LogP contribution in [-0.4, -0.2) is 14.1 Å². The SMILES string of the molecule is Cn1c(=O)n(-c2ccc(Cl)nc2)c2cc(C#N)ccc21. The van der Waals surface area contributed by atoms with Crippen molar-refractivity contribution < 1.29 is 0 Å². The zero-order valence-corrected chi connectivity index (χ0v) is 11.3. The van der Waals surface area contributed by atoms with E-state index in [1.807, 2.05) is 0 Å². The third-order valence-corrected chi connectivity index (χ3v) is 3.38. The molecule has 0 aliphatic rings. The maximum Gasteiger partial charge on any atom is 0.333 e. The first kappa shape index (κ1) is 12.5. The highest BCUT2D eigenvalue weighted by Gasteiger charge is 2.13. The van der Waals surface area contributed by atoms with Crippen LogP contribution in [0.15, 0.2) is 41.3 Å². The summed E-state index contributed by atoms with van der Waals surface area (Å²) in [6, 6.07) is 10.5. The summed E-state index contributed by atoms with van der Waals surface area (Å²) < 4.78 is 3.05. The summed E-state index contributed by atoms with van der Waals surface area (Å²) >= 11 is 5.76. The molecule has 0 radical (unpaired) electrons. The highest BCUT2D eigenvalue weighted by atomic mass is 35.5. The number of pyridine rings is 1. The second-order valence-electron chi connectivity index (χ2n) is 4.33. The van der Waals surface area contributed by atoms with Crippen LogP contribution >= 0.6 is 11.6 Å². The number of fused-ring (bicyclic) bond motifs is 1. The van der Waals surface area contributed by atoms with Gasteiger partial charge >= 0.3 is 5.69 Å². The van der Waals surface area contributed by atoms with Gasteiger partial charge in [0.2, 0.25) is 0 Å². The zero-order chi connectivity index (χ0) is 14.3. The quantitative estimate of drug-likeness (QED) is 0.644. The summed E-state index contributed by atoms with van der Waals surface area (Å²) in [5, 5.41) is 9.36. The molecule has 3 rings (SSSR count). The minimum atomic E-state index is -0.195. The van der Waals surface area contributed by atoms with Crippen molar-refractivity contribution in [2.24, 2.45) is 7.05 Å². The van der Waals surface area contributed by atoms with Crippen LogP contribution in [0.4, 0.5) is 0 Å². The molecule has 0 saturated carbocycles. The van der Waals surface area contributed by atoms with Gasteiger partial charge in [0.25, 0.3) is 0 Å². The molecule has 0 saturated heterocycles. The summed E-state index contributed by atoms with van der Waals surface area (Å²) in [6.07, 6.45) is 1.53. The van der Waals surface area contributed by atoms with Crippen LogP contribution in [0.1, 0.15) is 5.56 Å². The Bertz CT molecular complexity index is 900. The summed E-state index contributed by atoms with van der Waals surface area (Å²) in [5.41, 5.74) is 2.34. The zero-order valence-electron chi connectivity index (χ0n) is 10.5. The van der Waals surface area contributed by atoms with Gasteiger partial charge in [-0.1, -0.05) is 11.6 Å². The largest absolute Gasteiger partial charge is 0.333 e. The lowest BCUT2D eigenvalue weighted by Gasteiger charge is -2.02. The van der Waals surface area contributed by atoms with Gasteiger partial charge in [-0.05, 0) is 30.3 Å². The lowest BCUT2D eigenvalue weighted by molar-refractivity contribution is 0.844. The number of halogens is 1. The van der Waals surface area contributed by atoms with Gasteiger partial charge in [-0.25, -0.2) is 9.78 Å². The highest BCUT2D eigenvalue weighted by Crippen LogP contribution is 2.18. The van der Waals surface area contributed by atoms with Crippen LogP contribution < -0.4 is 5.69 Å². The maximum atomic E-state index is 12.4. The topological polar surface area (TPSA) is 63.6 Å². The van der Waals surface area contributed by atoms with Crippen molar-refractivity contribution in [3.05, 3.63) is 57.7 Å². The van der Waals surface area contributed by atoms with E-state index >= 15 is 0 Å². The first-order valence-electron chi connectivity index (χ1n) is 5.85. The lowest BCUT2D eigenvalue weighted by Crippen LogP contribution is -2.20.